The van der Waals surface area contributed by atoms with Crippen molar-refractivity contribution in [2.24, 2.45) is 23.2 Å². The number of hydrazine groups is 1. The molecule has 134 valence electrons. The van der Waals surface area contributed by atoms with E-state index in [-0.39, 0.29) is 17.2 Å². The van der Waals surface area contributed by atoms with Crippen LogP contribution in [0.2, 0.25) is 0 Å². The molecule has 25 heavy (non-hydrogen) atoms. The predicted molar refractivity (Wildman–Crippen MR) is 93.8 cm³/mol. The molecule has 4 saturated carbocycles. The van der Waals surface area contributed by atoms with Crippen molar-refractivity contribution in [3.63, 3.8) is 0 Å². The largest absolute Gasteiger partial charge is 0.497 e. The Morgan fingerprint density at radius 2 is 1.72 bits per heavy atom. The van der Waals surface area contributed by atoms with Crippen LogP contribution in [0.1, 0.15) is 55.3 Å². The lowest BCUT2D eigenvalue weighted by atomic mass is 9.49. The van der Waals surface area contributed by atoms with E-state index in [2.05, 4.69) is 10.9 Å². The Bertz CT molecular complexity index is 650. The van der Waals surface area contributed by atoms with Gasteiger partial charge < -0.3 is 4.74 Å². The molecule has 0 spiro atoms. The lowest BCUT2D eigenvalue weighted by Gasteiger charge is -2.56. The Morgan fingerprint density at radius 3 is 2.32 bits per heavy atom. The van der Waals surface area contributed by atoms with Crippen molar-refractivity contribution in [2.75, 3.05) is 7.11 Å². The summed E-state index contributed by atoms with van der Waals surface area (Å²) < 4.78 is 5.12. The van der Waals surface area contributed by atoms with Gasteiger partial charge in [-0.15, -0.1) is 0 Å². The summed E-state index contributed by atoms with van der Waals surface area (Å²) in [6.45, 7) is 0. The Balaban J connectivity index is 1.33. The molecule has 4 fully saturated rings. The Labute approximate surface area is 148 Å². The van der Waals surface area contributed by atoms with E-state index in [1.165, 1.54) is 38.5 Å². The molecule has 0 heterocycles. The number of carbonyl (C=O) groups excluding carboxylic acids is 2. The summed E-state index contributed by atoms with van der Waals surface area (Å²) in [5.74, 6) is 2.70. The minimum atomic E-state index is -0.322. The second kappa shape index (κ2) is 6.36. The number of methoxy groups -OCH3 is 1. The maximum absolute atomic E-state index is 12.4. The topological polar surface area (TPSA) is 67.4 Å². The Hall–Kier alpha value is -2.04. The molecule has 0 unspecified atom stereocenters. The molecule has 5 heteroatoms. The van der Waals surface area contributed by atoms with Crippen LogP contribution in [0, 0.1) is 23.2 Å². The van der Waals surface area contributed by atoms with Gasteiger partial charge in [-0.2, -0.15) is 0 Å². The summed E-state index contributed by atoms with van der Waals surface area (Å²) in [6.07, 6.45) is 8.21. The molecule has 4 aliphatic rings. The van der Waals surface area contributed by atoms with Gasteiger partial charge >= 0.3 is 0 Å². The fourth-order valence-electron chi connectivity index (χ4n) is 5.85. The number of hydrogen-bond donors (Lipinski definition) is 2. The average molecular weight is 342 g/mol. The van der Waals surface area contributed by atoms with Crippen molar-refractivity contribution >= 4 is 11.8 Å². The van der Waals surface area contributed by atoms with Crippen LogP contribution in [0.4, 0.5) is 0 Å². The van der Waals surface area contributed by atoms with E-state index in [0.29, 0.717) is 17.7 Å². The SMILES string of the molecule is COc1cccc(C(=O)NNC(=O)CC23CC4CC(CC(C4)C2)C3)c1. The fourth-order valence-corrected chi connectivity index (χ4v) is 5.85. The first-order valence-corrected chi connectivity index (χ1v) is 9.28. The molecule has 0 aliphatic heterocycles. The molecule has 4 aliphatic carbocycles. The molecule has 0 saturated heterocycles. The van der Waals surface area contributed by atoms with Crippen molar-refractivity contribution in [1.82, 2.24) is 10.9 Å². The normalized spacial score (nSPS) is 32.3. The lowest BCUT2D eigenvalue weighted by Crippen LogP contribution is -2.50. The number of ether oxygens (including phenoxy) is 1. The van der Waals surface area contributed by atoms with Crippen molar-refractivity contribution < 1.29 is 14.3 Å². The first-order valence-electron chi connectivity index (χ1n) is 9.28. The lowest BCUT2D eigenvalue weighted by molar-refractivity contribution is -0.130. The van der Waals surface area contributed by atoms with Gasteiger partial charge in [-0.05, 0) is 79.9 Å². The summed E-state index contributed by atoms with van der Waals surface area (Å²) >= 11 is 0. The molecule has 0 aromatic heterocycles. The van der Waals surface area contributed by atoms with Crippen LogP contribution in [-0.2, 0) is 4.79 Å². The molecule has 1 aromatic carbocycles. The van der Waals surface area contributed by atoms with Crippen LogP contribution in [0.15, 0.2) is 24.3 Å². The summed E-state index contributed by atoms with van der Waals surface area (Å²) in [4.78, 5) is 24.6. The number of nitrogens with one attached hydrogen (secondary N) is 2. The highest BCUT2D eigenvalue weighted by molar-refractivity contribution is 5.95. The molecular weight excluding hydrogens is 316 g/mol. The third-order valence-corrected chi connectivity index (χ3v) is 6.35. The zero-order chi connectivity index (χ0) is 17.4. The minimum absolute atomic E-state index is 0.0711. The third kappa shape index (κ3) is 3.37. The number of amides is 2. The summed E-state index contributed by atoms with van der Waals surface area (Å²) in [7, 11) is 1.56. The monoisotopic (exact) mass is 342 g/mol. The molecule has 2 amide bonds. The number of hydrogen-bond acceptors (Lipinski definition) is 3. The Kier molecular flexibility index (Phi) is 4.18. The number of carbonyl (C=O) groups is 2. The highest BCUT2D eigenvalue weighted by Crippen LogP contribution is 2.61. The number of benzene rings is 1. The van der Waals surface area contributed by atoms with E-state index in [1.54, 1.807) is 31.4 Å². The highest BCUT2D eigenvalue weighted by atomic mass is 16.5. The molecule has 1 aromatic rings. The summed E-state index contributed by atoms with van der Waals surface area (Å²) in [5, 5.41) is 0. The quantitative estimate of drug-likeness (QED) is 0.827. The predicted octanol–water partition coefficient (Wildman–Crippen LogP) is 3.06. The summed E-state index contributed by atoms with van der Waals surface area (Å²) in [5.41, 5.74) is 5.80. The van der Waals surface area contributed by atoms with Crippen molar-refractivity contribution in [3.8, 4) is 5.75 Å². The minimum Gasteiger partial charge on any atom is -0.497 e. The Morgan fingerprint density at radius 1 is 1.08 bits per heavy atom. The van der Waals surface area contributed by atoms with Gasteiger partial charge in [0, 0.05) is 12.0 Å². The van der Waals surface area contributed by atoms with Gasteiger partial charge in [-0.25, -0.2) is 0 Å². The van der Waals surface area contributed by atoms with Crippen LogP contribution in [0.3, 0.4) is 0 Å². The van der Waals surface area contributed by atoms with Crippen LogP contribution in [0.5, 0.6) is 5.75 Å². The molecule has 0 radical (unpaired) electrons. The molecular formula is C20H26N2O3. The van der Waals surface area contributed by atoms with Gasteiger partial charge in [0.1, 0.15) is 5.75 Å². The number of rotatable bonds is 4. The van der Waals surface area contributed by atoms with E-state index in [0.717, 1.165) is 17.8 Å². The molecule has 4 bridgehead atoms. The van der Waals surface area contributed by atoms with Crippen LogP contribution in [-0.4, -0.2) is 18.9 Å². The van der Waals surface area contributed by atoms with E-state index in [4.69, 9.17) is 4.74 Å². The zero-order valence-electron chi connectivity index (χ0n) is 14.7. The summed E-state index contributed by atoms with van der Waals surface area (Å²) in [6, 6.07) is 6.89. The van der Waals surface area contributed by atoms with Gasteiger partial charge in [0.2, 0.25) is 5.91 Å². The standard InChI is InChI=1S/C20H26N2O3/c1-25-17-4-2-3-16(8-17)19(24)22-21-18(23)12-20-9-13-5-14(10-20)7-15(6-13)11-20/h2-4,8,13-15H,5-7,9-12H2,1H3,(H,21,23)(H,22,24). The van der Waals surface area contributed by atoms with Gasteiger partial charge in [-0.1, -0.05) is 6.07 Å². The second-order valence-corrected chi connectivity index (χ2v) is 8.33. The highest BCUT2D eigenvalue weighted by Gasteiger charge is 2.51. The van der Waals surface area contributed by atoms with Crippen molar-refractivity contribution in [2.45, 2.75) is 44.9 Å². The van der Waals surface area contributed by atoms with Crippen molar-refractivity contribution in [3.05, 3.63) is 29.8 Å². The van der Waals surface area contributed by atoms with Gasteiger partial charge in [0.15, 0.2) is 0 Å². The fraction of sp³-hybridized carbons (Fsp3) is 0.600. The first kappa shape index (κ1) is 16.4. The van der Waals surface area contributed by atoms with Crippen LogP contribution >= 0.6 is 0 Å². The van der Waals surface area contributed by atoms with E-state index >= 15 is 0 Å². The maximum Gasteiger partial charge on any atom is 0.269 e. The van der Waals surface area contributed by atoms with E-state index < -0.39 is 0 Å². The van der Waals surface area contributed by atoms with Crippen LogP contribution < -0.4 is 15.6 Å². The van der Waals surface area contributed by atoms with Gasteiger partial charge in [0.25, 0.3) is 5.91 Å². The zero-order valence-corrected chi connectivity index (χ0v) is 14.7. The van der Waals surface area contributed by atoms with Gasteiger partial charge in [0.05, 0.1) is 7.11 Å². The van der Waals surface area contributed by atoms with Crippen LogP contribution in [0.25, 0.3) is 0 Å². The average Bonchev–Trinajstić information content (AvgIpc) is 2.58. The molecule has 0 atom stereocenters. The third-order valence-electron chi connectivity index (χ3n) is 6.35. The van der Waals surface area contributed by atoms with E-state index in [9.17, 15) is 9.59 Å². The van der Waals surface area contributed by atoms with E-state index in [1.807, 2.05) is 0 Å². The molecule has 5 rings (SSSR count). The molecule has 2 N–H and O–H groups in total. The second-order valence-electron chi connectivity index (χ2n) is 8.33. The smallest absolute Gasteiger partial charge is 0.269 e. The van der Waals surface area contributed by atoms with Crippen molar-refractivity contribution in [1.29, 1.82) is 0 Å². The first-order chi connectivity index (χ1) is 12.0. The van der Waals surface area contributed by atoms with Gasteiger partial charge in [-0.3, -0.25) is 20.4 Å². The molecule has 5 nitrogen and oxygen atoms in total. The maximum atomic E-state index is 12.4.